The molecule has 4 nitrogen and oxygen atoms in total. The number of nitrogens with zero attached hydrogens (tertiary/aromatic N) is 1. The zero-order valence-electron chi connectivity index (χ0n) is 13.8. The van der Waals surface area contributed by atoms with Crippen LogP contribution in [0.2, 0.25) is 0 Å². The minimum atomic E-state index is -3.03. The predicted octanol–water partition coefficient (Wildman–Crippen LogP) is -0.180. The molecule has 0 aliphatic carbocycles. The lowest BCUT2D eigenvalue weighted by Gasteiger charge is -2.25. The molecule has 6 heteroatoms. The van der Waals surface area contributed by atoms with Gasteiger partial charge in [0.1, 0.15) is 0 Å². The summed E-state index contributed by atoms with van der Waals surface area (Å²) in [6.45, 7) is -13.1. The molecule has 1 aliphatic rings. The van der Waals surface area contributed by atoms with Crippen LogP contribution in [0.1, 0.15) is 11.0 Å². The van der Waals surface area contributed by atoms with E-state index in [1.165, 1.54) is 0 Å². The molecule has 1 aliphatic heterocycles. The molecular weight excluding hydrogens is 203 g/mol. The smallest absolute Gasteiger partial charge is 0.317 e. The van der Waals surface area contributed by atoms with Crippen LogP contribution in [0.3, 0.4) is 0 Å². The third-order valence-corrected chi connectivity index (χ3v) is 0.800. The van der Waals surface area contributed by atoms with E-state index in [4.69, 9.17) is 16.1 Å². The summed E-state index contributed by atoms with van der Waals surface area (Å²) in [6.07, 6.45) is 0. The second-order valence-electron chi connectivity index (χ2n) is 1.58. The summed E-state index contributed by atoms with van der Waals surface area (Å²) in [6, 6.07) is 0. The standard InChI is InChI=1S/C6H12N2O2.2ClH/c9-6(10)5-8-3-1-7-2-4-8;;/h7H,1-5H2,(H,9,10);2*1H/i1D2,2D2,3D2,4D2;;. The largest absolute Gasteiger partial charge is 0.480 e. The van der Waals surface area contributed by atoms with E-state index in [0.29, 0.717) is 0 Å². The van der Waals surface area contributed by atoms with E-state index < -0.39 is 38.5 Å². The lowest BCUT2D eigenvalue weighted by molar-refractivity contribution is -0.138. The van der Waals surface area contributed by atoms with Gasteiger partial charge in [0.15, 0.2) is 0 Å². The summed E-state index contributed by atoms with van der Waals surface area (Å²) < 4.78 is 59.5. The van der Waals surface area contributed by atoms with E-state index >= 15 is 0 Å². The first-order valence-corrected chi connectivity index (χ1v) is 2.54. The molecular formula is C6H14Cl2N2O2. The van der Waals surface area contributed by atoms with Crippen molar-refractivity contribution in [1.29, 1.82) is 0 Å². The molecule has 0 aromatic rings. The Kier molecular flexibility index (Phi) is 2.83. The van der Waals surface area contributed by atoms with E-state index in [1.807, 2.05) is 0 Å². The third kappa shape index (κ3) is 5.60. The molecule has 0 bridgehead atoms. The van der Waals surface area contributed by atoms with Gasteiger partial charge in [0.25, 0.3) is 0 Å². The number of rotatable bonds is 2. The maximum Gasteiger partial charge on any atom is 0.317 e. The van der Waals surface area contributed by atoms with Crippen LogP contribution in [0.25, 0.3) is 0 Å². The van der Waals surface area contributed by atoms with E-state index in [9.17, 15) is 4.79 Å². The summed E-state index contributed by atoms with van der Waals surface area (Å²) >= 11 is 0. The Morgan fingerprint density at radius 3 is 2.42 bits per heavy atom. The number of carbonyl (C=O) groups is 1. The summed E-state index contributed by atoms with van der Waals surface area (Å²) in [4.78, 5) is 10.7. The van der Waals surface area contributed by atoms with Crippen LogP contribution < -0.4 is 5.32 Å². The third-order valence-electron chi connectivity index (χ3n) is 0.800. The highest BCUT2D eigenvalue weighted by Gasteiger charge is 2.11. The van der Waals surface area contributed by atoms with Crippen molar-refractivity contribution in [2.24, 2.45) is 0 Å². The van der Waals surface area contributed by atoms with Crippen molar-refractivity contribution >= 4 is 30.8 Å². The van der Waals surface area contributed by atoms with Gasteiger partial charge in [-0.25, -0.2) is 0 Å². The molecule has 1 heterocycles. The van der Waals surface area contributed by atoms with Gasteiger partial charge in [0.05, 0.1) is 6.54 Å². The number of aliphatic carboxylic acids is 1. The monoisotopic (exact) mass is 224 g/mol. The Labute approximate surface area is 95.4 Å². The molecule has 12 heavy (non-hydrogen) atoms. The Morgan fingerprint density at radius 2 is 2.00 bits per heavy atom. The second-order valence-corrected chi connectivity index (χ2v) is 1.58. The van der Waals surface area contributed by atoms with E-state index in [0.717, 1.165) is 0 Å². The lowest BCUT2D eigenvalue weighted by Crippen LogP contribution is -2.45. The molecule has 2 N–H and O–H groups in total. The van der Waals surface area contributed by atoms with Gasteiger partial charge in [-0.3, -0.25) is 9.69 Å². The van der Waals surface area contributed by atoms with Crippen LogP contribution in [0.5, 0.6) is 0 Å². The van der Waals surface area contributed by atoms with Crippen molar-refractivity contribution in [2.45, 2.75) is 0 Å². The van der Waals surface area contributed by atoms with Crippen LogP contribution >= 0.6 is 24.8 Å². The van der Waals surface area contributed by atoms with Gasteiger partial charge in [0, 0.05) is 37.0 Å². The molecule has 0 saturated carbocycles. The molecule has 0 aromatic heterocycles. The van der Waals surface area contributed by atoms with Gasteiger partial charge < -0.3 is 10.4 Å². The molecule has 1 fully saturated rings. The van der Waals surface area contributed by atoms with Crippen molar-refractivity contribution in [2.75, 3.05) is 32.5 Å². The molecule has 0 amide bonds. The number of carboxylic acids is 1. The summed E-state index contributed by atoms with van der Waals surface area (Å²) in [5.41, 5.74) is 0. The van der Waals surface area contributed by atoms with Crippen LogP contribution in [-0.2, 0) is 4.79 Å². The van der Waals surface area contributed by atoms with Crippen molar-refractivity contribution in [3.05, 3.63) is 0 Å². The van der Waals surface area contributed by atoms with Crippen molar-refractivity contribution in [1.82, 2.24) is 10.2 Å². The predicted molar refractivity (Wildman–Crippen MR) is 51.4 cm³/mol. The normalized spacial score (nSPS) is 44.0. The van der Waals surface area contributed by atoms with Gasteiger partial charge in [0.2, 0.25) is 0 Å². The fraction of sp³-hybridized carbons (Fsp3) is 0.833. The van der Waals surface area contributed by atoms with Crippen molar-refractivity contribution < 1.29 is 20.9 Å². The highest BCUT2D eigenvalue weighted by molar-refractivity contribution is 5.85. The minimum Gasteiger partial charge on any atom is -0.480 e. The SMILES string of the molecule is Cl.Cl.[2H]C1([2H])NC([2H])([2H])C([2H])([2H])N(CC(=O)O)C1([2H])[2H]. The highest BCUT2D eigenvalue weighted by Crippen LogP contribution is 1.89. The summed E-state index contributed by atoms with van der Waals surface area (Å²) in [7, 11) is 0. The Bertz CT molecular complexity index is 354. The van der Waals surface area contributed by atoms with Crippen LogP contribution in [-0.4, -0.2) is 48.5 Å². The molecule has 0 unspecified atom stereocenters. The molecule has 0 spiro atoms. The van der Waals surface area contributed by atoms with Crippen LogP contribution in [0, 0.1) is 0 Å². The van der Waals surface area contributed by atoms with Crippen molar-refractivity contribution in [3.8, 4) is 0 Å². The number of halogens is 2. The van der Waals surface area contributed by atoms with E-state index in [1.54, 1.807) is 5.32 Å². The Morgan fingerprint density at radius 1 is 1.50 bits per heavy atom. The van der Waals surface area contributed by atoms with Gasteiger partial charge in [-0.2, -0.15) is 0 Å². The first-order valence-electron chi connectivity index (χ1n) is 6.54. The second kappa shape index (κ2) is 7.61. The molecule has 0 atom stereocenters. The fourth-order valence-electron chi connectivity index (χ4n) is 0.464. The average molecular weight is 225 g/mol. The first-order chi connectivity index (χ1) is 7.76. The summed E-state index contributed by atoms with van der Waals surface area (Å²) in [5.74, 6) is -1.59. The first kappa shape index (κ1) is 4.46. The average Bonchev–Trinajstić information content (AvgIpc) is 2.09. The van der Waals surface area contributed by atoms with Gasteiger partial charge >= 0.3 is 5.97 Å². The quantitative estimate of drug-likeness (QED) is 0.684. The Hall–Kier alpha value is -0.0300. The molecule has 0 radical (unpaired) electrons. The van der Waals surface area contributed by atoms with E-state index in [-0.39, 0.29) is 29.7 Å². The summed E-state index contributed by atoms with van der Waals surface area (Å²) in [5, 5.41) is 10.2. The molecule has 1 saturated heterocycles. The lowest BCUT2D eigenvalue weighted by atomic mass is 10.3. The zero-order chi connectivity index (χ0) is 14.6. The fourth-order valence-corrected chi connectivity index (χ4v) is 0.464. The zero-order valence-corrected chi connectivity index (χ0v) is 7.46. The van der Waals surface area contributed by atoms with Gasteiger partial charge in [-0.05, 0) is 0 Å². The highest BCUT2D eigenvalue weighted by atomic mass is 35.5. The molecule has 0 aromatic carbocycles. The minimum absolute atomic E-state index is 0. The maximum atomic E-state index is 10.6. The number of hydrogen-bond donors (Lipinski definition) is 2. The maximum absolute atomic E-state index is 10.6. The topological polar surface area (TPSA) is 52.6 Å². The van der Waals surface area contributed by atoms with Gasteiger partial charge in [-0.15, -0.1) is 24.8 Å². The Balaban J connectivity index is 0. The van der Waals surface area contributed by atoms with E-state index in [2.05, 4.69) is 0 Å². The number of hydrogen-bond acceptors (Lipinski definition) is 3. The number of piperazine rings is 1. The molecule has 1 rings (SSSR count). The van der Waals surface area contributed by atoms with Gasteiger partial charge in [-0.1, -0.05) is 0 Å². The van der Waals surface area contributed by atoms with Crippen LogP contribution in [0.4, 0.5) is 0 Å². The van der Waals surface area contributed by atoms with Crippen LogP contribution in [0.15, 0.2) is 0 Å². The number of nitrogens with one attached hydrogen (secondary N) is 1. The number of carboxylic acid groups (broad SMARTS) is 1. The van der Waals surface area contributed by atoms with Crippen molar-refractivity contribution in [3.63, 3.8) is 0 Å². The molecule has 74 valence electrons.